The summed E-state index contributed by atoms with van der Waals surface area (Å²) < 4.78 is 19.1. The number of hydrogen-bond donors (Lipinski definition) is 2. The molecule has 5 heteroatoms. The van der Waals surface area contributed by atoms with Crippen LogP contribution in [0, 0.1) is 5.82 Å². The quantitative estimate of drug-likeness (QED) is 0.625. The first-order chi connectivity index (χ1) is 12.2. The van der Waals surface area contributed by atoms with Crippen molar-refractivity contribution in [3.63, 3.8) is 0 Å². The number of ether oxygens (including phenoxy) is 1. The van der Waals surface area contributed by atoms with Crippen LogP contribution in [0.15, 0.2) is 53.5 Å². The van der Waals surface area contributed by atoms with Gasteiger partial charge in [0.05, 0.1) is 13.7 Å². The zero-order valence-electron chi connectivity index (χ0n) is 14.6. The van der Waals surface area contributed by atoms with Crippen molar-refractivity contribution < 1.29 is 9.13 Å². The molecule has 0 aromatic heterocycles. The van der Waals surface area contributed by atoms with E-state index in [2.05, 4.69) is 15.6 Å². The zero-order chi connectivity index (χ0) is 17.6. The molecule has 0 heterocycles. The lowest BCUT2D eigenvalue weighted by Crippen LogP contribution is -2.39. The maximum Gasteiger partial charge on any atom is 0.191 e. The van der Waals surface area contributed by atoms with Crippen LogP contribution < -0.4 is 15.4 Å². The van der Waals surface area contributed by atoms with Gasteiger partial charge in [0, 0.05) is 18.5 Å². The second-order valence-corrected chi connectivity index (χ2v) is 6.16. The van der Waals surface area contributed by atoms with Crippen LogP contribution in [0.5, 0.6) is 5.75 Å². The molecule has 132 valence electrons. The topological polar surface area (TPSA) is 45.7 Å². The second kappa shape index (κ2) is 8.01. The number of guanidine groups is 1. The fourth-order valence-corrected chi connectivity index (χ4v) is 2.87. The van der Waals surface area contributed by atoms with Crippen LogP contribution in [-0.2, 0) is 6.54 Å². The van der Waals surface area contributed by atoms with Gasteiger partial charge in [-0.2, -0.15) is 0 Å². The Morgan fingerprint density at radius 1 is 1.20 bits per heavy atom. The van der Waals surface area contributed by atoms with Gasteiger partial charge < -0.3 is 15.4 Å². The van der Waals surface area contributed by atoms with E-state index in [0.29, 0.717) is 6.54 Å². The molecule has 2 aromatic carbocycles. The molecular formula is C20H24FN3O. The van der Waals surface area contributed by atoms with Crippen molar-refractivity contribution >= 4 is 5.96 Å². The van der Waals surface area contributed by atoms with Crippen molar-refractivity contribution in [3.8, 4) is 5.75 Å². The molecule has 2 aromatic rings. The maximum atomic E-state index is 13.9. The summed E-state index contributed by atoms with van der Waals surface area (Å²) >= 11 is 0. The van der Waals surface area contributed by atoms with Crippen molar-refractivity contribution in [1.82, 2.24) is 10.6 Å². The number of aliphatic imine (C=N–C) groups is 1. The van der Waals surface area contributed by atoms with Gasteiger partial charge in [-0.15, -0.1) is 0 Å². The highest BCUT2D eigenvalue weighted by Gasteiger charge is 2.40. The van der Waals surface area contributed by atoms with Gasteiger partial charge in [-0.25, -0.2) is 9.38 Å². The third-order valence-electron chi connectivity index (χ3n) is 4.34. The number of halogens is 1. The standard InChI is InChI=1S/C20H24FN3O/c1-3-22-20(23-13-14-8-10-15(25-2)11-9-14)24-19-12-17(19)16-6-4-5-7-18(16)21/h4-11,17,19H,3,12-13H2,1-2H3,(H2,22,23,24). The van der Waals surface area contributed by atoms with Gasteiger partial charge in [-0.05, 0) is 42.7 Å². The highest BCUT2D eigenvalue weighted by molar-refractivity contribution is 5.80. The van der Waals surface area contributed by atoms with E-state index in [4.69, 9.17) is 4.74 Å². The average molecular weight is 341 g/mol. The summed E-state index contributed by atoms with van der Waals surface area (Å²) in [5.74, 6) is 1.69. The Morgan fingerprint density at radius 3 is 2.64 bits per heavy atom. The Kier molecular flexibility index (Phi) is 5.53. The molecule has 25 heavy (non-hydrogen) atoms. The molecule has 0 amide bonds. The third-order valence-corrected chi connectivity index (χ3v) is 4.34. The first kappa shape index (κ1) is 17.3. The van der Waals surface area contributed by atoms with E-state index in [1.807, 2.05) is 43.3 Å². The molecule has 2 unspecified atom stereocenters. The van der Waals surface area contributed by atoms with E-state index in [1.165, 1.54) is 6.07 Å². The first-order valence-electron chi connectivity index (χ1n) is 8.63. The van der Waals surface area contributed by atoms with E-state index < -0.39 is 0 Å². The molecule has 1 saturated carbocycles. The molecule has 0 aliphatic heterocycles. The molecule has 0 spiro atoms. The largest absolute Gasteiger partial charge is 0.497 e. The summed E-state index contributed by atoms with van der Waals surface area (Å²) in [5, 5.41) is 6.66. The third kappa shape index (κ3) is 4.50. The summed E-state index contributed by atoms with van der Waals surface area (Å²) in [6, 6.07) is 15.1. The van der Waals surface area contributed by atoms with Gasteiger partial charge in [0.1, 0.15) is 11.6 Å². The van der Waals surface area contributed by atoms with E-state index in [0.717, 1.165) is 35.8 Å². The van der Waals surface area contributed by atoms with Crippen molar-refractivity contribution in [2.24, 2.45) is 4.99 Å². The fraction of sp³-hybridized carbons (Fsp3) is 0.350. The van der Waals surface area contributed by atoms with Gasteiger partial charge in [0.15, 0.2) is 5.96 Å². The number of hydrogen-bond acceptors (Lipinski definition) is 2. The Hall–Kier alpha value is -2.56. The summed E-state index contributed by atoms with van der Waals surface area (Å²) in [6.45, 7) is 3.40. The molecular weight excluding hydrogens is 317 g/mol. The molecule has 3 rings (SSSR count). The number of nitrogens with zero attached hydrogens (tertiary/aromatic N) is 1. The minimum atomic E-state index is -0.128. The molecule has 2 atom stereocenters. The van der Waals surface area contributed by atoms with Crippen LogP contribution in [-0.4, -0.2) is 25.7 Å². The van der Waals surface area contributed by atoms with Crippen LogP contribution in [0.25, 0.3) is 0 Å². The van der Waals surface area contributed by atoms with E-state index in [9.17, 15) is 4.39 Å². The first-order valence-corrected chi connectivity index (χ1v) is 8.63. The summed E-state index contributed by atoms with van der Waals surface area (Å²) in [6.07, 6.45) is 0.924. The summed E-state index contributed by atoms with van der Waals surface area (Å²) in [5.41, 5.74) is 1.89. The predicted molar refractivity (Wildman–Crippen MR) is 98.5 cm³/mol. The van der Waals surface area contributed by atoms with Gasteiger partial charge in [-0.1, -0.05) is 30.3 Å². The van der Waals surface area contributed by atoms with E-state index in [-0.39, 0.29) is 17.8 Å². The minimum Gasteiger partial charge on any atom is -0.497 e. The Labute approximate surface area is 148 Å². The highest BCUT2D eigenvalue weighted by Crippen LogP contribution is 2.41. The molecule has 0 radical (unpaired) electrons. The molecule has 1 fully saturated rings. The Balaban J connectivity index is 1.60. The number of benzene rings is 2. The molecule has 0 saturated heterocycles. The van der Waals surface area contributed by atoms with Crippen LogP contribution in [0.4, 0.5) is 4.39 Å². The summed E-state index contributed by atoms with van der Waals surface area (Å²) in [4.78, 5) is 4.63. The van der Waals surface area contributed by atoms with Crippen LogP contribution in [0.1, 0.15) is 30.4 Å². The molecule has 1 aliphatic rings. The molecule has 2 N–H and O–H groups in total. The lowest BCUT2D eigenvalue weighted by atomic mass is 10.1. The smallest absolute Gasteiger partial charge is 0.191 e. The van der Waals surface area contributed by atoms with E-state index >= 15 is 0 Å². The van der Waals surface area contributed by atoms with Crippen LogP contribution in [0.2, 0.25) is 0 Å². The summed E-state index contributed by atoms with van der Waals surface area (Å²) in [7, 11) is 1.65. The Bertz CT molecular complexity index is 730. The molecule has 1 aliphatic carbocycles. The van der Waals surface area contributed by atoms with E-state index in [1.54, 1.807) is 13.2 Å². The van der Waals surface area contributed by atoms with Crippen molar-refractivity contribution in [3.05, 3.63) is 65.5 Å². The molecule has 4 nitrogen and oxygen atoms in total. The van der Waals surface area contributed by atoms with Gasteiger partial charge >= 0.3 is 0 Å². The number of rotatable bonds is 6. The Morgan fingerprint density at radius 2 is 1.96 bits per heavy atom. The van der Waals surface area contributed by atoms with Crippen LogP contribution >= 0.6 is 0 Å². The second-order valence-electron chi connectivity index (χ2n) is 6.16. The van der Waals surface area contributed by atoms with Gasteiger partial charge in [-0.3, -0.25) is 0 Å². The normalized spacial score (nSPS) is 19.4. The SMILES string of the molecule is CCNC(=NCc1ccc(OC)cc1)NC1CC1c1ccccc1F. The highest BCUT2D eigenvalue weighted by atomic mass is 19.1. The van der Waals surface area contributed by atoms with Gasteiger partial charge in [0.2, 0.25) is 0 Å². The lowest BCUT2D eigenvalue weighted by molar-refractivity contribution is 0.414. The lowest BCUT2D eigenvalue weighted by Gasteiger charge is -2.11. The predicted octanol–water partition coefficient (Wildman–Crippen LogP) is 3.45. The average Bonchev–Trinajstić information content (AvgIpc) is 3.39. The van der Waals surface area contributed by atoms with Crippen molar-refractivity contribution in [2.75, 3.05) is 13.7 Å². The maximum absolute atomic E-state index is 13.9. The molecule has 0 bridgehead atoms. The number of nitrogens with one attached hydrogen (secondary N) is 2. The number of methoxy groups -OCH3 is 1. The van der Waals surface area contributed by atoms with Gasteiger partial charge in [0.25, 0.3) is 0 Å². The van der Waals surface area contributed by atoms with Crippen LogP contribution in [0.3, 0.4) is 0 Å². The van der Waals surface area contributed by atoms with Crippen molar-refractivity contribution in [2.45, 2.75) is 31.8 Å². The van der Waals surface area contributed by atoms with Crippen molar-refractivity contribution in [1.29, 1.82) is 0 Å². The monoisotopic (exact) mass is 341 g/mol. The fourth-order valence-electron chi connectivity index (χ4n) is 2.87. The minimum absolute atomic E-state index is 0.128. The zero-order valence-corrected chi connectivity index (χ0v) is 14.6.